The zero-order valence-electron chi connectivity index (χ0n) is 10.3. The van der Waals surface area contributed by atoms with Crippen molar-refractivity contribution in [1.82, 2.24) is 19.7 Å². The highest BCUT2D eigenvalue weighted by atomic mass is 32.2. The second-order valence-corrected chi connectivity index (χ2v) is 5.44. The quantitative estimate of drug-likeness (QED) is 0.820. The van der Waals surface area contributed by atoms with Crippen LogP contribution in [0.25, 0.3) is 5.82 Å². The molecule has 0 bridgehead atoms. The van der Waals surface area contributed by atoms with Gasteiger partial charge in [-0.1, -0.05) is 0 Å². The summed E-state index contributed by atoms with van der Waals surface area (Å²) in [4.78, 5) is 11.2. The zero-order valence-corrected chi connectivity index (χ0v) is 11.1. The second-order valence-electron chi connectivity index (χ2n) is 4.22. The molecular weight excluding hydrogens is 246 g/mol. The lowest BCUT2D eigenvalue weighted by Crippen LogP contribution is -2.33. The Labute approximate surface area is 110 Å². The molecule has 2 aromatic heterocycles. The normalized spacial score (nSPS) is 15.9. The monoisotopic (exact) mass is 261 g/mol. The number of hydrogen-bond acceptors (Lipinski definition) is 5. The minimum atomic E-state index is 0.806. The van der Waals surface area contributed by atoms with Crippen molar-refractivity contribution in [2.75, 3.05) is 29.5 Å². The second kappa shape index (κ2) is 4.97. The Hall–Kier alpha value is -1.56. The fraction of sp³-hybridized carbons (Fsp3) is 0.417. The maximum atomic E-state index is 4.59. The van der Waals surface area contributed by atoms with Crippen molar-refractivity contribution < 1.29 is 0 Å². The molecule has 0 radical (unpaired) electrons. The number of thioether (sulfide) groups is 1. The standard InChI is InChI=1S/C12H15N5S/c1-10-3-5-17(15-10)11-2-4-13-12(14-11)16-6-8-18-9-7-16/h2-5H,6-9H2,1H3. The van der Waals surface area contributed by atoms with E-state index in [1.54, 1.807) is 10.9 Å². The van der Waals surface area contributed by atoms with Gasteiger partial charge in [0.1, 0.15) is 0 Å². The summed E-state index contributed by atoms with van der Waals surface area (Å²) in [6.07, 6.45) is 3.73. The van der Waals surface area contributed by atoms with Gasteiger partial charge >= 0.3 is 0 Å². The highest BCUT2D eigenvalue weighted by molar-refractivity contribution is 7.99. The molecule has 1 aliphatic rings. The Morgan fingerprint density at radius 3 is 2.78 bits per heavy atom. The average molecular weight is 261 g/mol. The van der Waals surface area contributed by atoms with Gasteiger partial charge in [0.2, 0.25) is 5.95 Å². The molecule has 0 unspecified atom stereocenters. The zero-order chi connectivity index (χ0) is 12.4. The van der Waals surface area contributed by atoms with Crippen LogP contribution in [0.3, 0.4) is 0 Å². The largest absolute Gasteiger partial charge is 0.339 e. The summed E-state index contributed by atoms with van der Waals surface area (Å²) in [6.45, 7) is 4.01. The van der Waals surface area contributed by atoms with E-state index in [-0.39, 0.29) is 0 Å². The first-order valence-electron chi connectivity index (χ1n) is 6.01. The molecule has 1 aliphatic heterocycles. The van der Waals surface area contributed by atoms with Crippen LogP contribution in [0.15, 0.2) is 24.5 Å². The van der Waals surface area contributed by atoms with Gasteiger partial charge in [-0.25, -0.2) is 9.67 Å². The molecule has 1 saturated heterocycles. The first-order valence-corrected chi connectivity index (χ1v) is 7.17. The molecule has 5 nitrogen and oxygen atoms in total. The van der Waals surface area contributed by atoms with E-state index >= 15 is 0 Å². The topological polar surface area (TPSA) is 46.8 Å². The van der Waals surface area contributed by atoms with E-state index < -0.39 is 0 Å². The van der Waals surface area contributed by atoms with Gasteiger partial charge < -0.3 is 4.90 Å². The maximum Gasteiger partial charge on any atom is 0.227 e. The Morgan fingerprint density at radius 2 is 2.06 bits per heavy atom. The molecule has 0 spiro atoms. The molecular formula is C12H15N5S. The van der Waals surface area contributed by atoms with Crippen molar-refractivity contribution in [3.05, 3.63) is 30.2 Å². The summed E-state index contributed by atoms with van der Waals surface area (Å²) in [5.41, 5.74) is 0.990. The smallest absolute Gasteiger partial charge is 0.227 e. The summed E-state index contributed by atoms with van der Waals surface area (Å²) < 4.78 is 1.79. The minimum Gasteiger partial charge on any atom is -0.339 e. The highest BCUT2D eigenvalue weighted by Crippen LogP contribution is 2.16. The third kappa shape index (κ3) is 2.33. The average Bonchev–Trinajstić information content (AvgIpc) is 2.87. The minimum absolute atomic E-state index is 0.806. The molecule has 18 heavy (non-hydrogen) atoms. The van der Waals surface area contributed by atoms with E-state index in [0.29, 0.717) is 0 Å². The van der Waals surface area contributed by atoms with Crippen molar-refractivity contribution in [2.24, 2.45) is 0 Å². The summed E-state index contributed by atoms with van der Waals surface area (Å²) in [5.74, 6) is 3.93. The van der Waals surface area contributed by atoms with Crippen molar-refractivity contribution >= 4 is 17.7 Å². The van der Waals surface area contributed by atoms with E-state index in [2.05, 4.69) is 20.0 Å². The Bertz CT molecular complexity index is 533. The summed E-state index contributed by atoms with van der Waals surface area (Å²) >= 11 is 1.98. The van der Waals surface area contributed by atoms with Crippen molar-refractivity contribution in [3.8, 4) is 5.82 Å². The fourth-order valence-electron chi connectivity index (χ4n) is 1.93. The number of rotatable bonds is 2. The van der Waals surface area contributed by atoms with Crippen molar-refractivity contribution in [3.63, 3.8) is 0 Å². The molecule has 0 atom stereocenters. The molecule has 1 fully saturated rings. The SMILES string of the molecule is Cc1ccn(-c2ccnc(N3CCSCC3)n2)n1. The van der Waals surface area contributed by atoms with E-state index in [1.165, 1.54) is 0 Å². The van der Waals surface area contributed by atoms with Crippen LogP contribution < -0.4 is 4.90 Å². The van der Waals surface area contributed by atoms with Gasteiger partial charge in [0.25, 0.3) is 0 Å². The molecule has 3 rings (SSSR count). The predicted molar refractivity (Wildman–Crippen MR) is 73.4 cm³/mol. The number of hydrogen-bond donors (Lipinski definition) is 0. The summed E-state index contributed by atoms with van der Waals surface area (Å²) in [5, 5.41) is 4.37. The molecule has 3 heterocycles. The summed E-state index contributed by atoms with van der Waals surface area (Å²) in [7, 11) is 0. The molecule has 2 aromatic rings. The van der Waals surface area contributed by atoms with Crippen LogP contribution >= 0.6 is 11.8 Å². The van der Waals surface area contributed by atoms with Gasteiger partial charge in [0.05, 0.1) is 5.69 Å². The maximum absolute atomic E-state index is 4.59. The molecule has 0 N–H and O–H groups in total. The van der Waals surface area contributed by atoms with E-state index in [0.717, 1.165) is 42.1 Å². The van der Waals surface area contributed by atoms with Crippen LogP contribution in [-0.4, -0.2) is 44.3 Å². The third-order valence-corrected chi connectivity index (χ3v) is 3.82. The number of aryl methyl sites for hydroxylation is 1. The fourth-order valence-corrected chi connectivity index (χ4v) is 2.83. The van der Waals surface area contributed by atoms with Crippen LogP contribution in [-0.2, 0) is 0 Å². The molecule has 0 saturated carbocycles. The van der Waals surface area contributed by atoms with Crippen LogP contribution in [0.4, 0.5) is 5.95 Å². The lowest BCUT2D eigenvalue weighted by molar-refractivity contribution is 0.783. The molecule has 94 valence electrons. The van der Waals surface area contributed by atoms with Gasteiger partial charge in [-0.2, -0.15) is 21.8 Å². The first-order chi connectivity index (χ1) is 8.83. The van der Waals surface area contributed by atoms with Crippen LogP contribution in [0.1, 0.15) is 5.69 Å². The Balaban J connectivity index is 1.88. The molecule has 6 heteroatoms. The van der Waals surface area contributed by atoms with E-state index in [4.69, 9.17) is 0 Å². The summed E-state index contributed by atoms with van der Waals surface area (Å²) in [6, 6.07) is 3.86. The van der Waals surface area contributed by atoms with Gasteiger partial charge in [0.15, 0.2) is 5.82 Å². The highest BCUT2D eigenvalue weighted by Gasteiger charge is 2.14. The van der Waals surface area contributed by atoms with E-state index in [9.17, 15) is 0 Å². The Kier molecular flexibility index (Phi) is 3.19. The van der Waals surface area contributed by atoms with E-state index in [1.807, 2.05) is 37.0 Å². The van der Waals surface area contributed by atoms with Crippen molar-refractivity contribution in [2.45, 2.75) is 6.92 Å². The van der Waals surface area contributed by atoms with Crippen molar-refractivity contribution in [1.29, 1.82) is 0 Å². The Morgan fingerprint density at radius 1 is 1.22 bits per heavy atom. The van der Waals surface area contributed by atoms with Gasteiger partial charge in [0, 0.05) is 43.1 Å². The first kappa shape index (κ1) is 11.5. The molecule has 0 aliphatic carbocycles. The lowest BCUT2D eigenvalue weighted by atomic mass is 10.5. The molecule has 0 amide bonds. The number of nitrogens with zero attached hydrogens (tertiary/aromatic N) is 5. The van der Waals surface area contributed by atoms with Crippen LogP contribution in [0.5, 0.6) is 0 Å². The number of anilines is 1. The predicted octanol–water partition coefficient (Wildman–Crippen LogP) is 1.52. The molecule has 0 aromatic carbocycles. The van der Waals surface area contributed by atoms with Crippen LogP contribution in [0.2, 0.25) is 0 Å². The number of aromatic nitrogens is 4. The van der Waals surface area contributed by atoms with Gasteiger partial charge in [-0.05, 0) is 13.0 Å². The van der Waals surface area contributed by atoms with Crippen LogP contribution in [0, 0.1) is 6.92 Å². The lowest BCUT2D eigenvalue weighted by Gasteiger charge is -2.26. The third-order valence-electron chi connectivity index (χ3n) is 2.88. The van der Waals surface area contributed by atoms with Gasteiger partial charge in [-0.15, -0.1) is 0 Å². The van der Waals surface area contributed by atoms with Gasteiger partial charge in [-0.3, -0.25) is 0 Å².